The van der Waals surface area contributed by atoms with Crippen LogP contribution in [-0.4, -0.2) is 59.2 Å². The summed E-state index contributed by atoms with van der Waals surface area (Å²) >= 11 is 3.35. The molecule has 1 saturated carbocycles. The lowest BCUT2D eigenvalue weighted by Crippen LogP contribution is -2.48. The molecule has 0 aromatic carbocycles. The summed E-state index contributed by atoms with van der Waals surface area (Å²) in [6.45, 7) is 0.261. The standard InChI is InChI=1S/C17H27N3O4S2/c1-24-13(21)6-8-18-14(22)10-7-9-25-16(10)20-15(23)17-19-11-4-2-3-5-12(11)26-17/h10-12,16-17,19H,2-9H2,1H3,(H,18,22)(H,20,23). The van der Waals surface area contributed by atoms with E-state index in [2.05, 4.69) is 20.7 Å². The Hall–Kier alpha value is -0.930. The van der Waals surface area contributed by atoms with Crippen molar-refractivity contribution in [2.45, 2.75) is 60.6 Å². The molecule has 0 radical (unpaired) electrons. The summed E-state index contributed by atoms with van der Waals surface area (Å²) in [6.07, 6.45) is 5.69. The van der Waals surface area contributed by atoms with E-state index in [0.29, 0.717) is 11.3 Å². The van der Waals surface area contributed by atoms with Crippen molar-refractivity contribution in [1.82, 2.24) is 16.0 Å². The molecule has 2 heterocycles. The first-order chi connectivity index (χ1) is 12.6. The largest absolute Gasteiger partial charge is 0.469 e. The van der Waals surface area contributed by atoms with E-state index in [1.54, 1.807) is 23.5 Å². The molecule has 9 heteroatoms. The maximum Gasteiger partial charge on any atom is 0.307 e. The molecule has 2 amide bonds. The van der Waals surface area contributed by atoms with Crippen molar-refractivity contribution in [3.63, 3.8) is 0 Å². The van der Waals surface area contributed by atoms with E-state index in [4.69, 9.17) is 0 Å². The first-order valence-corrected chi connectivity index (χ1v) is 11.3. The summed E-state index contributed by atoms with van der Waals surface area (Å²) in [4.78, 5) is 36.2. The van der Waals surface area contributed by atoms with Gasteiger partial charge in [0.1, 0.15) is 5.37 Å². The number of carbonyl (C=O) groups is 3. The molecule has 146 valence electrons. The fraction of sp³-hybridized carbons (Fsp3) is 0.824. The van der Waals surface area contributed by atoms with Crippen LogP contribution in [0.15, 0.2) is 0 Å². The quantitative estimate of drug-likeness (QED) is 0.568. The van der Waals surface area contributed by atoms with Gasteiger partial charge < -0.3 is 15.4 Å². The second-order valence-electron chi connectivity index (χ2n) is 6.92. The molecule has 3 rings (SSSR count). The average molecular weight is 402 g/mol. The van der Waals surface area contributed by atoms with Gasteiger partial charge in [-0.25, -0.2) is 0 Å². The number of hydrogen-bond donors (Lipinski definition) is 3. The van der Waals surface area contributed by atoms with Gasteiger partial charge in [-0.2, -0.15) is 0 Å². The Morgan fingerprint density at radius 1 is 1.15 bits per heavy atom. The van der Waals surface area contributed by atoms with Gasteiger partial charge in [-0.1, -0.05) is 12.8 Å². The van der Waals surface area contributed by atoms with Crippen LogP contribution in [0.3, 0.4) is 0 Å². The van der Waals surface area contributed by atoms with E-state index < -0.39 is 0 Å². The molecule has 0 aromatic rings. The first-order valence-electron chi connectivity index (χ1n) is 9.26. The summed E-state index contributed by atoms with van der Waals surface area (Å²) in [7, 11) is 1.33. The van der Waals surface area contributed by atoms with E-state index in [1.165, 1.54) is 26.4 Å². The second kappa shape index (κ2) is 9.32. The maximum absolute atomic E-state index is 12.7. The summed E-state index contributed by atoms with van der Waals surface area (Å²) in [5.41, 5.74) is 0. The SMILES string of the molecule is COC(=O)CCNC(=O)C1CCSC1NC(=O)C1NC2CCCCC2S1. The minimum atomic E-state index is -0.346. The summed E-state index contributed by atoms with van der Waals surface area (Å²) in [5.74, 6) is 0.120. The van der Waals surface area contributed by atoms with Gasteiger partial charge in [0.15, 0.2) is 0 Å². The van der Waals surface area contributed by atoms with Crippen LogP contribution in [0.5, 0.6) is 0 Å². The van der Waals surface area contributed by atoms with Gasteiger partial charge in [-0.15, -0.1) is 23.5 Å². The fourth-order valence-electron chi connectivity index (χ4n) is 3.73. The third-order valence-corrected chi connectivity index (χ3v) is 8.00. The van der Waals surface area contributed by atoms with Crippen LogP contribution in [0.4, 0.5) is 0 Å². The van der Waals surface area contributed by atoms with Gasteiger partial charge in [0.25, 0.3) is 0 Å². The second-order valence-corrected chi connectivity index (χ2v) is 9.52. The van der Waals surface area contributed by atoms with Crippen LogP contribution in [0.2, 0.25) is 0 Å². The molecular weight excluding hydrogens is 374 g/mol. The van der Waals surface area contributed by atoms with Crippen molar-refractivity contribution >= 4 is 41.3 Å². The Balaban J connectivity index is 1.46. The molecule has 0 aromatic heterocycles. The topological polar surface area (TPSA) is 96.5 Å². The smallest absolute Gasteiger partial charge is 0.307 e. The number of thioether (sulfide) groups is 2. The number of nitrogens with one attached hydrogen (secondary N) is 3. The monoisotopic (exact) mass is 401 g/mol. The van der Waals surface area contributed by atoms with Crippen LogP contribution < -0.4 is 16.0 Å². The molecule has 2 saturated heterocycles. The zero-order valence-corrected chi connectivity index (χ0v) is 16.6. The first kappa shape index (κ1) is 19.8. The number of carbonyl (C=O) groups excluding carboxylic acids is 3. The maximum atomic E-state index is 12.7. The van der Waals surface area contributed by atoms with E-state index in [0.717, 1.165) is 18.6 Å². The number of amides is 2. The highest BCUT2D eigenvalue weighted by atomic mass is 32.2. The van der Waals surface area contributed by atoms with Gasteiger partial charge in [-0.3, -0.25) is 19.7 Å². The molecule has 26 heavy (non-hydrogen) atoms. The van der Waals surface area contributed by atoms with Crippen molar-refractivity contribution in [1.29, 1.82) is 0 Å². The fourth-order valence-corrected chi connectivity index (χ4v) is 6.57. The summed E-state index contributed by atoms with van der Waals surface area (Å²) in [6, 6.07) is 0.443. The number of methoxy groups -OCH3 is 1. The van der Waals surface area contributed by atoms with Gasteiger partial charge in [0.05, 0.1) is 24.8 Å². The van der Waals surface area contributed by atoms with Crippen molar-refractivity contribution in [2.24, 2.45) is 5.92 Å². The zero-order valence-electron chi connectivity index (χ0n) is 15.0. The molecule has 7 nitrogen and oxygen atoms in total. The average Bonchev–Trinajstić information content (AvgIpc) is 3.27. The molecule has 2 aliphatic heterocycles. The Morgan fingerprint density at radius 2 is 1.96 bits per heavy atom. The van der Waals surface area contributed by atoms with E-state index in [9.17, 15) is 14.4 Å². The van der Waals surface area contributed by atoms with E-state index in [1.807, 2.05) is 0 Å². The van der Waals surface area contributed by atoms with Crippen LogP contribution in [0.1, 0.15) is 38.5 Å². The highest BCUT2D eigenvalue weighted by molar-refractivity contribution is 8.01. The van der Waals surface area contributed by atoms with Crippen molar-refractivity contribution in [2.75, 3.05) is 19.4 Å². The Labute approximate surface area is 162 Å². The molecule has 5 unspecified atom stereocenters. The summed E-state index contributed by atoms with van der Waals surface area (Å²) in [5, 5.41) is 9.41. The van der Waals surface area contributed by atoms with Crippen LogP contribution in [-0.2, 0) is 19.1 Å². The predicted octanol–water partition coefficient (Wildman–Crippen LogP) is 0.835. The third-order valence-electron chi connectivity index (χ3n) is 5.19. The minimum Gasteiger partial charge on any atom is -0.469 e. The third kappa shape index (κ3) is 4.86. The molecule has 3 aliphatic rings. The van der Waals surface area contributed by atoms with Gasteiger partial charge >= 0.3 is 5.97 Å². The highest BCUT2D eigenvalue weighted by Crippen LogP contribution is 2.37. The highest BCUT2D eigenvalue weighted by Gasteiger charge is 2.41. The minimum absolute atomic E-state index is 0.0174. The number of rotatable bonds is 6. The number of hydrogen-bond acceptors (Lipinski definition) is 7. The van der Waals surface area contributed by atoms with Gasteiger partial charge in [0.2, 0.25) is 11.8 Å². The Kier molecular flexibility index (Phi) is 7.11. The number of fused-ring (bicyclic) bond motifs is 1. The van der Waals surface area contributed by atoms with Gasteiger partial charge in [0, 0.05) is 17.8 Å². The molecule has 3 N–H and O–H groups in total. The molecule has 3 fully saturated rings. The van der Waals surface area contributed by atoms with Crippen LogP contribution in [0.25, 0.3) is 0 Å². The van der Waals surface area contributed by atoms with E-state index >= 15 is 0 Å². The lowest BCUT2D eigenvalue weighted by molar-refractivity contribution is -0.140. The molecule has 0 spiro atoms. The normalized spacial score (nSPS) is 33.3. The van der Waals surface area contributed by atoms with Gasteiger partial charge in [-0.05, 0) is 25.0 Å². The Bertz CT molecular complexity index is 534. The Morgan fingerprint density at radius 3 is 2.73 bits per heavy atom. The van der Waals surface area contributed by atoms with Crippen molar-refractivity contribution in [3.8, 4) is 0 Å². The van der Waals surface area contributed by atoms with Crippen LogP contribution in [0, 0.1) is 5.92 Å². The zero-order chi connectivity index (χ0) is 18.5. The number of esters is 1. The molecular formula is C17H27N3O4S2. The van der Waals surface area contributed by atoms with E-state index in [-0.39, 0.29) is 47.4 Å². The molecule has 0 bridgehead atoms. The molecule has 5 atom stereocenters. The predicted molar refractivity (Wildman–Crippen MR) is 103 cm³/mol. The lowest BCUT2D eigenvalue weighted by atomic mass is 9.95. The molecule has 1 aliphatic carbocycles. The number of ether oxygens (including phenoxy) is 1. The van der Waals surface area contributed by atoms with Crippen LogP contribution >= 0.6 is 23.5 Å². The lowest BCUT2D eigenvalue weighted by Gasteiger charge is -2.23. The van der Waals surface area contributed by atoms with Crippen molar-refractivity contribution < 1.29 is 19.1 Å². The van der Waals surface area contributed by atoms with Crippen molar-refractivity contribution in [3.05, 3.63) is 0 Å². The summed E-state index contributed by atoms with van der Waals surface area (Å²) < 4.78 is 4.57.